The maximum absolute atomic E-state index is 6.60. The van der Waals surface area contributed by atoms with Gasteiger partial charge >= 0.3 is 0 Å². The Balaban J connectivity index is 1.89. The van der Waals surface area contributed by atoms with Crippen molar-refractivity contribution in [2.24, 2.45) is 0 Å². The Hall–Kier alpha value is -2.57. The van der Waals surface area contributed by atoms with Crippen LogP contribution in [0.15, 0.2) is 60.7 Å². The van der Waals surface area contributed by atoms with Crippen molar-refractivity contribution in [2.75, 3.05) is 13.2 Å². The Kier molecular flexibility index (Phi) is 11.3. The van der Waals surface area contributed by atoms with Gasteiger partial charge in [0.1, 0.15) is 11.5 Å². The SMILES string of the molecule is CCCCCCOc1ccc2cc([Si](C)C)ccc2c1-c1c(OCCCCCC)ccc2cc([Si](C)C)ccc12. The van der Waals surface area contributed by atoms with Crippen molar-refractivity contribution in [1.29, 1.82) is 0 Å². The highest BCUT2D eigenvalue weighted by atomic mass is 28.3. The number of unbranched alkanes of at least 4 members (excludes halogenated alkanes) is 6. The molecule has 0 heterocycles. The van der Waals surface area contributed by atoms with Crippen LogP contribution in [0.5, 0.6) is 11.5 Å². The number of fused-ring (bicyclic) bond motifs is 2. The molecule has 4 rings (SSSR count). The lowest BCUT2D eigenvalue weighted by Gasteiger charge is -2.21. The Labute approximate surface area is 246 Å². The van der Waals surface area contributed by atoms with Crippen molar-refractivity contribution in [3.05, 3.63) is 60.7 Å². The van der Waals surface area contributed by atoms with Crippen LogP contribution < -0.4 is 19.8 Å². The fraction of sp³-hybridized carbons (Fsp3) is 0.444. The lowest BCUT2D eigenvalue weighted by molar-refractivity contribution is 0.302. The third-order valence-corrected chi connectivity index (χ3v) is 10.8. The van der Waals surface area contributed by atoms with Crippen LogP contribution in [0, 0.1) is 0 Å². The molecule has 4 heteroatoms. The molecule has 0 aromatic heterocycles. The molecule has 0 amide bonds. The van der Waals surface area contributed by atoms with Crippen LogP contribution in [0.25, 0.3) is 32.7 Å². The van der Waals surface area contributed by atoms with Crippen molar-refractivity contribution in [3.63, 3.8) is 0 Å². The second-order valence-electron chi connectivity index (χ2n) is 11.6. The molecular weight excluding hydrogens is 521 g/mol. The summed E-state index contributed by atoms with van der Waals surface area (Å²) in [5.74, 6) is 1.94. The zero-order chi connectivity index (χ0) is 28.5. The van der Waals surface area contributed by atoms with Crippen LogP contribution in [0.2, 0.25) is 26.2 Å². The van der Waals surface area contributed by atoms with E-state index in [1.54, 1.807) is 0 Å². The summed E-state index contributed by atoms with van der Waals surface area (Å²) in [5, 5.41) is 8.00. The molecule has 2 nitrogen and oxygen atoms in total. The summed E-state index contributed by atoms with van der Waals surface area (Å²) < 4.78 is 13.2. The molecule has 0 aliphatic rings. The van der Waals surface area contributed by atoms with E-state index in [-0.39, 0.29) is 0 Å². The minimum atomic E-state index is -0.540. The second kappa shape index (κ2) is 14.9. The maximum Gasteiger partial charge on any atom is 0.127 e. The molecule has 0 spiro atoms. The quantitative estimate of drug-likeness (QED) is 0.105. The van der Waals surface area contributed by atoms with Gasteiger partial charge in [-0.1, -0.05) is 137 Å². The van der Waals surface area contributed by atoms with E-state index in [0.717, 1.165) is 37.6 Å². The number of rotatable bonds is 15. The minimum absolute atomic E-state index is 0.540. The fourth-order valence-corrected chi connectivity index (χ4v) is 7.14. The maximum atomic E-state index is 6.60. The van der Waals surface area contributed by atoms with Crippen molar-refractivity contribution in [3.8, 4) is 22.6 Å². The van der Waals surface area contributed by atoms with Crippen LogP contribution >= 0.6 is 0 Å². The zero-order valence-corrected chi connectivity index (χ0v) is 27.7. The molecule has 0 atom stereocenters. The molecule has 0 N–H and O–H groups in total. The van der Waals surface area contributed by atoms with Gasteiger partial charge in [0.2, 0.25) is 0 Å². The average molecular weight is 569 g/mol. The van der Waals surface area contributed by atoms with Gasteiger partial charge < -0.3 is 9.47 Å². The van der Waals surface area contributed by atoms with Gasteiger partial charge in [0.05, 0.1) is 30.8 Å². The predicted octanol–water partition coefficient (Wildman–Crippen LogP) is 9.50. The van der Waals surface area contributed by atoms with Crippen LogP contribution in [0.3, 0.4) is 0 Å². The minimum Gasteiger partial charge on any atom is -0.493 e. The van der Waals surface area contributed by atoms with Gasteiger partial charge in [0.15, 0.2) is 0 Å². The van der Waals surface area contributed by atoms with Crippen molar-refractivity contribution >= 4 is 49.5 Å². The first-order valence-corrected chi connectivity index (χ1v) is 20.4. The van der Waals surface area contributed by atoms with Crippen molar-refractivity contribution in [2.45, 2.75) is 91.4 Å². The summed E-state index contributed by atoms with van der Waals surface area (Å²) in [4.78, 5) is 0. The average Bonchev–Trinajstić information content (AvgIpc) is 2.96. The first kappa shape index (κ1) is 30.4. The molecule has 0 fully saturated rings. The summed E-state index contributed by atoms with van der Waals surface area (Å²) >= 11 is 0. The lowest BCUT2D eigenvalue weighted by Crippen LogP contribution is -2.22. The van der Waals surface area contributed by atoms with E-state index >= 15 is 0 Å². The Bertz CT molecular complexity index is 1290. The normalized spacial score (nSPS) is 11.7. The standard InChI is InChI=1S/C36H48O2Si2/c1-7-9-11-13-23-37-33-21-15-27-25-29(39(3)4)17-19-31(27)35(33)36-32-20-18-30(40(5)6)26-28(32)16-22-34(36)38-24-14-12-10-8-2/h15-22,25-26H,7-14,23-24H2,1-6H3. The first-order chi connectivity index (χ1) is 19.4. The molecule has 4 aromatic carbocycles. The van der Waals surface area contributed by atoms with E-state index in [9.17, 15) is 0 Å². The number of benzene rings is 4. The highest BCUT2D eigenvalue weighted by Crippen LogP contribution is 2.45. The monoisotopic (exact) mass is 568 g/mol. The van der Waals surface area contributed by atoms with Crippen molar-refractivity contribution < 1.29 is 9.47 Å². The van der Waals surface area contributed by atoms with E-state index < -0.39 is 17.6 Å². The largest absolute Gasteiger partial charge is 0.493 e. The summed E-state index contributed by atoms with van der Waals surface area (Å²) in [6, 6.07) is 23.1. The summed E-state index contributed by atoms with van der Waals surface area (Å²) in [7, 11) is -1.08. The van der Waals surface area contributed by atoms with Gasteiger partial charge in [-0.15, -0.1) is 0 Å². The third kappa shape index (κ3) is 7.38. The smallest absolute Gasteiger partial charge is 0.127 e. The van der Waals surface area contributed by atoms with E-state index in [1.807, 2.05) is 0 Å². The molecule has 40 heavy (non-hydrogen) atoms. The number of ether oxygens (including phenoxy) is 2. The lowest BCUT2D eigenvalue weighted by atomic mass is 9.92. The molecule has 0 aliphatic carbocycles. The van der Waals surface area contributed by atoms with E-state index in [4.69, 9.17) is 9.47 Å². The van der Waals surface area contributed by atoms with Gasteiger partial charge in [-0.05, 0) is 46.5 Å². The second-order valence-corrected chi connectivity index (χ2v) is 16.7. The van der Waals surface area contributed by atoms with Crippen LogP contribution in [0.4, 0.5) is 0 Å². The van der Waals surface area contributed by atoms with Crippen LogP contribution in [0.1, 0.15) is 65.2 Å². The van der Waals surface area contributed by atoms with Gasteiger partial charge in [-0.3, -0.25) is 0 Å². The Morgan fingerprint density at radius 3 is 1.30 bits per heavy atom. The molecule has 4 aromatic rings. The van der Waals surface area contributed by atoms with Crippen LogP contribution in [-0.4, -0.2) is 30.8 Å². The number of hydrogen-bond donors (Lipinski definition) is 0. The van der Waals surface area contributed by atoms with Crippen LogP contribution in [-0.2, 0) is 0 Å². The van der Waals surface area contributed by atoms with E-state index in [1.165, 1.54) is 81.6 Å². The summed E-state index contributed by atoms with van der Waals surface area (Å²) in [6.45, 7) is 15.5. The highest BCUT2D eigenvalue weighted by Gasteiger charge is 2.20. The predicted molar refractivity (Wildman–Crippen MR) is 180 cm³/mol. The van der Waals surface area contributed by atoms with Gasteiger partial charge in [0.25, 0.3) is 0 Å². The van der Waals surface area contributed by atoms with Gasteiger partial charge in [-0.25, -0.2) is 0 Å². The molecular formula is C36H48O2Si2. The van der Waals surface area contributed by atoms with E-state index in [2.05, 4.69) is 101 Å². The molecule has 0 unspecified atom stereocenters. The zero-order valence-electron chi connectivity index (χ0n) is 25.7. The number of hydrogen-bond acceptors (Lipinski definition) is 2. The Morgan fingerprint density at radius 2 is 0.925 bits per heavy atom. The van der Waals surface area contributed by atoms with Gasteiger partial charge in [0, 0.05) is 11.1 Å². The third-order valence-electron chi connectivity index (χ3n) is 7.88. The molecule has 0 saturated carbocycles. The molecule has 212 valence electrons. The molecule has 0 bridgehead atoms. The van der Waals surface area contributed by atoms with E-state index in [0.29, 0.717) is 0 Å². The first-order valence-electron chi connectivity index (χ1n) is 15.4. The van der Waals surface area contributed by atoms with Gasteiger partial charge in [-0.2, -0.15) is 0 Å². The molecule has 2 radical (unpaired) electrons. The Morgan fingerprint density at radius 1 is 0.500 bits per heavy atom. The summed E-state index contributed by atoms with van der Waals surface area (Å²) in [6.07, 6.45) is 9.57. The molecule has 0 saturated heterocycles. The van der Waals surface area contributed by atoms with Crippen molar-refractivity contribution in [1.82, 2.24) is 0 Å². The fourth-order valence-electron chi connectivity index (χ4n) is 5.42. The summed E-state index contributed by atoms with van der Waals surface area (Å²) in [5.41, 5.74) is 2.36. The highest BCUT2D eigenvalue weighted by molar-refractivity contribution is 6.71. The molecule has 0 aliphatic heterocycles. The topological polar surface area (TPSA) is 18.5 Å².